The quantitative estimate of drug-likeness (QED) is 0.0953. The molecule has 0 saturated heterocycles. The second-order valence-corrected chi connectivity index (χ2v) is 10.8. The number of nitrogens with zero attached hydrogens (tertiary/aromatic N) is 2. The molecular formula is C25H47N2O6S+. The van der Waals surface area contributed by atoms with E-state index in [4.69, 9.17) is 4.55 Å². The van der Waals surface area contributed by atoms with Crippen LogP contribution in [0.4, 0.5) is 0 Å². The second kappa shape index (κ2) is 18.0. The highest BCUT2D eigenvalue weighted by atomic mass is 32.2. The normalized spacial score (nSPS) is 15.6. The van der Waals surface area contributed by atoms with Crippen molar-refractivity contribution in [3.63, 3.8) is 0 Å². The lowest BCUT2D eigenvalue weighted by Gasteiger charge is -2.11. The van der Waals surface area contributed by atoms with E-state index in [0.29, 0.717) is 25.5 Å². The molecule has 1 unspecified atom stereocenters. The summed E-state index contributed by atoms with van der Waals surface area (Å²) in [5.41, 5.74) is 0. The van der Waals surface area contributed by atoms with Gasteiger partial charge in [0, 0.05) is 0 Å². The number of aliphatic hydroxyl groups is 2. The topological polar surface area (TPSA) is 118 Å². The second-order valence-electron chi connectivity index (χ2n) is 9.33. The Balaban J connectivity index is 2.34. The molecule has 8 nitrogen and oxygen atoms in total. The van der Waals surface area contributed by atoms with Crippen LogP contribution in [0.15, 0.2) is 12.2 Å². The van der Waals surface area contributed by atoms with E-state index in [2.05, 4.69) is 6.92 Å². The van der Waals surface area contributed by atoms with E-state index >= 15 is 0 Å². The van der Waals surface area contributed by atoms with Crippen molar-refractivity contribution in [2.24, 2.45) is 0 Å². The van der Waals surface area contributed by atoms with Crippen LogP contribution < -0.4 is 0 Å². The molecule has 1 atom stereocenters. The third kappa shape index (κ3) is 14.2. The maximum Gasteiger partial charge on any atom is 0.320 e. The van der Waals surface area contributed by atoms with Crippen molar-refractivity contribution in [2.45, 2.75) is 96.5 Å². The van der Waals surface area contributed by atoms with Gasteiger partial charge in [0.1, 0.15) is 38.0 Å². The number of ketones is 1. The average molecular weight is 504 g/mol. The predicted octanol–water partition coefficient (Wildman–Crippen LogP) is 3.17. The van der Waals surface area contributed by atoms with Crippen LogP contribution >= 0.6 is 0 Å². The number of β-amino-alcohol motifs (C(OH)–C–C–N with tert-alkyl or cyclic N) is 2. The molecule has 9 heteroatoms. The molecule has 3 N–H and O–H groups in total. The molecule has 1 rings (SSSR count). The monoisotopic (exact) mass is 503 g/mol. The zero-order chi connectivity index (χ0) is 25.2. The summed E-state index contributed by atoms with van der Waals surface area (Å²) in [7, 11) is -4.30. The largest absolute Gasteiger partial charge is 0.392 e. The molecule has 0 saturated carbocycles. The Kier molecular flexibility index (Phi) is 16.3. The molecule has 0 radical (unpaired) electrons. The molecule has 0 amide bonds. The number of unbranched alkanes of at least 4 members (excludes halogenated alkanes) is 12. The van der Waals surface area contributed by atoms with Gasteiger partial charge in [-0.3, -0.25) is 18.8 Å². The first kappa shape index (κ1) is 30.7. The molecule has 0 bridgehead atoms. The van der Waals surface area contributed by atoms with Gasteiger partial charge in [0.25, 0.3) is 15.9 Å². The van der Waals surface area contributed by atoms with Crippen molar-refractivity contribution >= 4 is 21.7 Å². The van der Waals surface area contributed by atoms with Crippen molar-refractivity contribution in [1.82, 2.24) is 4.90 Å². The van der Waals surface area contributed by atoms with E-state index in [1.165, 1.54) is 70.3 Å². The van der Waals surface area contributed by atoms with Crippen LogP contribution in [0, 0.1) is 0 Å². The fourth-order valence-corrected chi connectivity index (χ4v) is 4.99. The van der Waals surface area contributed by atoms with Gasteiger partial charge >= 0.3 is 5.84 Å². The molecular weight excluding hydrogens is 456 g/mol. The molecule has 0 aliphatic carbocycles. The molecule has 0 spiro atoms. The van der Waals surface area contributed by atoms with Gasteiger partial charge < -0.3 is 10.2 Å². The SMILES string of the molecule is CCCCCCCCCCCCCC/C=C/C(=O)C1=[N+](CC(O)CS(=O)(=O)O)CCN1CCO. The molecule has 0 fully saturated rings. The first-order valence-electron chi connectivity index (χ1n) is 13.1. The van der Waals surface area contributed by atoms with Crippen LogP contribution in [0.25, 0.3) is 0 Å². The highest BCUT2D eigenvalue weighted by Gasteiger charge is 2.35. The fourth-order valence-electron chi connectivity index (χ4n) is 4.40. The van der Waals surface area contributed by atoms with E-state index in [9.17, 15) is 23.4 Å². The number of carbonyl (C=O) groups is 1. The molecule has 0 aromatic rings. The zero-order valence-electron chi connectivity index (χ0n) is 21.0. The summed E-state index contributed by atoms with van der Waals surface area (Å²) in [5, 5.41) is 19.3. The molecule has 1 heterocycles. The number of rotatable bonds is 21. The molecule has 0 aromatic heterocycles. The number of carbonyl (C=O) groups excluding carboxylic acids is 1. The molecule has 34 heavy (non-hydrogen) atoms. The summed E-state index contributed by atoms with van der Waals surface area (Å²) in [4.78, 5) is 14.5. The average Bonchev–Trinajstić information content (AvgIpc) is 3.14. The number of hydrogen-bond donors (Lipinski definition) is 3. The van der Waals surface area contributed by atoms with E-state index in [1.54, 1.807) is 9.48 Å². The Hall–Kier alpha value is -1.29. The van der Waals surface area contributed by atoms with Crippen LogP contribution in [0.1, 0.15) is 90.4 Å². The van der Waals surface area contributed by atoms with Crippen molar-refractivity contribution < 1.29 is 32.6 Å². The van der Waals surface area contributed by atoms with Gasteiger partial charge in [-0.15, -0.1) is 0 Å². The van der Waals surface area contributed by atoms with E-state index in [-0.39, 0.29) is 18.9 Å². The maximum absolute atomic E-state index is 12.8. The minimum absolute atomic E-state index is 0.0740. The van der Waals surface area contributed by atoms with Crippen LogP contribution in [0.2, 0.25) is 0 Å². The highest BCUT2D eigenvalue weighted by molar-refractivity contribution is 7.85. The molecule has 1 aliphatic rings. The molecule has 198 valence electrons. The molecule has 0 aromatic carbocycles. The van der Waals surface area contributed by atoms with Gasteiger partial charge in [-0.05, 0) is 18.9 Å². The highest BCUT2D eigenvalue weighted by Crippen LogP contribution is 2.13. The Bertz CT molecular complexity index is 736. The van der Waals surface area contributed by atoms with Gasteiger partial charge in [-0.25, -0.2) is 0 Å². The summed E-state index contributed by atoms with van der Waals surface area (Å²) in [5.74, 6) is -0.641. The summed E-state index contributed by atoms with van der Waals surface area (Å²) in [6, 6.07) is 0. The summed E-state index contributed by atoms with van der Waals surface area (Å²) < 4.78 is 32.6. The van der Waals surface area contributed by atoms with Gasteiger partial charge in [0.05, 0.1) is 6.61 Å². The minimum atomic E-state index is -4.30. The van der Waals surface area contributed by atoms with Crippen molar-refractivity contribution in [3.8, 4) is 0 Å². The van der Waals surface area contributed by atoms with Gasteiger partial charge in [-0.2, -0.15) is 8.42 Å². The molecule has 1 aliphatic heterocycles. The maximum atomic E-state index is 12.8. The minimum Gasteiger partial charge on any atom is -0.392 e. The van der Waals surface area contributed by atoms with E-state index in [0.717, 1.165) is 19.3 Å². The number of allylic oxidation sites excluding steroid dienone is 1. The first-order chi connectivity index (χ1) is 16.3. The van der Waals surface area contributed by atoms with Gasteiger partial charge in [-0.1, -0.05) is 83.6 Å². The van der Waals surface area contributed by atoms with E-state index in [1.807, 2.05) is 6.08 Å². The zero-order valence-corrected chi connectivity index (χ0v) is 21.9. The predicted molar refractivity (Wildman–Crippen MR) is 136 cm³/mol. The number of amidine groups is 1. The Morgan fingerprint density at radius 3 is 2.12 bits per heavy atom. The lowest BCUT2D eigenvalue weighted by Crippen LogP contribution is -2.39. The van der Waals surface area contributed by atoms with Crippen LogP contribution in [-0.2, 0) is 14.9 Å². The lowest BCUT2D eigenvalue weighted by atomic mass is 10.0. The van der Waals surface area contributed by atoms with Gasteiger partial charge in [0.15, 0.2) is 0 Å². The fraction of sp³-hybridized carbons (Fsp3) is 0.840. The third-order valence-electron chi connectivity index (χ3n) is 6.16. The van der Waals surface area contributed by atoms with Crippen molar-refractivity contribution in [3.05, 3.63) is 12.2 Å². The standard InChI is InChI=1S/C25H46N2O6S/c1-2-3-4-5-6-7-8-9-10-11-12-13-14-15-16-24(30)25-26(19-20-28)17-18-27(25)21-23(29)22-34(31,32)33/h15-16,23,28-29H,2-14,17-22H2,1H3/p+1/b16-15+. The Morgan fingerprint density at radius 2 is 1.59 bits per heavy atom. The van der Waals surface area contributed by atoms with E-state index < -0.39 is 22.0 Å². The lowest BCUT2D eigenvalue weighted by molar-refractivity contribution is -0.525. The van der Waals surface area contributed by atoms with Crippen LogP contribution in [0.3, 0.4) is 0 Å². The van der Waals surface area contributed by atoms with Crippen LogP contribution in [0.5, 0.6) is 0 Å². The van der Waals surface area contributed by atoms with Crippen LogP contribution in [-0.4, -0.2) is 88.9 Å². The number of aliphatic hydroxyl groups excluding tert-OH is 2. The van der Waals surface area contributed by atoms with Gasteiger partial charge in [0.2, 0.25) is 0 Å². The third-order valence-corrected chi connectivity index (χ3v) is 6.96. The van der Waals surface area contributed by atoms with Crippen molar-refractivity contribution in [1.29, 1.82) is 0 Å². The summed E-state index contributed by atoms with van der Waals surface area (Å²) >= 11 is 0. The summed E-state index contributed by atoms with van der Waals surface area (Å²) in [6.07, 6.45) is 18.4. The summed E-state index contributed by atoms with van der Waals surface area (Å²) in [6.45, 7) is 3.30. The number of hydrogen-bond acceptors (Lipinski definition) is 6. The Labute approximate surface area is 206 Å². The first-order valence-corrected chi connectivity index (χ1v) is 14.7. The van der Waals surface area contributed by atoms with Crippen molar-refractivity contribution in [2.75, 3.05) is 38.5 Å². The smallest absolute Gasteiger partial charge is 0.320 e. The Morgan fingerprint density at radius 1 is 1.03 bits per heavy atom.